The second-order valence-corrected chi connectivity index (χ2v) is 8.87. The average molecular weight is 497 g/mol. The molecule has 4 rings (SSSR count). The van der Waals surface area contributed by atoms with E-state index in [1.807, 2.05) is 49.2 Å². The highest BCUT2D eigenvalue weighted by Gasteiger charge is 2.45. The van der Waals surface area contributed by atoms with Crippen LogP contribution in [0.1, 0.15) is 18.5 Å². The molecule has 1 aliphatic heterocycles. The molecule has 9 nitrogen and oxygen atoms in total. The van der Waals surface area contributed by atoms with Gasteiger partial charge in [0.05, 0.1) is 21.3 Å². The molecule has 0 saturated carbocycles. The van der Waals surface area contributed by atoms with E-state index >= 15 is 0 Å². The summed E-state index contributed by atoms with van der Waals surface area (Å²) in [6.45, 7) is 1.53. The largest absolute Gasteiger partial charge is 0.493 e. The van der Waals surface area contributed by atoms with Crippen molar-refractivity contribution >= 4 is 28.3 Å². The Bertz CT molecular complexity index is 1320. The number of rotatable bonds is 7. The van der Waals surface area contributed by atoms with Gasteiger partial charge in [-0.3, -0.25) is 4.79 Å². The zero-order chi connectivity index (χ0) is 25.3. The number of hydrogen-bond acceptors (Lipinski definition) is 8. The minimum atomic E-state index is -0.707. The zero-order valence-electron chi connectivity index (χ0n) is 19.8. The Balaban J connectivity index is 1.93. The van der Waals surface area contributed by atoms with Crippen LogP contribution in [0.3, 0.4) is 0 Å². The van der Waals surface area contributed by atoms with Crippen LogP contribution in [-0.2, 0) is 14.3 Å². The summed E-state index contributed by atoms with van der Waals surface area (Å²) in [5.74, 6) is -0.431. The number of benzene rings is 2. The molecular formula is C25H26N3O6S+. The molecule has 2 aromatic carbocycles. The first-order valence-electron chi connectivity index (χ1n) is 10.7. The molecule has 1 unspecified atom stereocenters. The summed E-state index contributed by atoms with van der Waals surface area (Å²) in [6.07, 6.45) is 0. The Morgan fingerprint density at radius 2 is 1.86 bits per heavy atom. The van der Waals surface area contributed by atoms with Crippen LogP contribution in [0.25, 0.3) is 10.4 Å². The van der Waals surface area contributed by atoms with E-state index in [0.29, 0.717) is 33.2 Å². The van der Waals surface area contributed by atoms with Gasteiger partial charge in [0.2, 0.25) is 0 Å². The topological polar surface area (TPSA) is 115 Å². The fourth-order valence-corrected chi connectivity index (χ4v) is 5.28. The van der Waals surface area contributed by atoms with Gasteiger partial charge in [-0.25, -0.2) is 9.69 Å². The maximum atomic E-state index is 13.0. The summed E-state index contributed by atoms with van der Waals surface area (Å²) in [5, 5.41) is 12.2. The summed E-state index contributed by atoms with van der Waals surface area (Å²) in [7, 11) is 4.64. The van der Waals surface area contributed by atoms with E-state index in [-0.39, 0.29) is 12.5 Å². The monoisotopic (exact) mass is 496 g/mol. The second kappa shape index (κ2) is 9.67. The van der Waals surface area contributed by atoms with Crippen molar-refractivity contribution in [1.82, 2.24) is 0 Å². The van der Waals surface area contributed by atoms with Gasteiger partial charge in [0, 0.05) is 5.56 Å². The van der Waals surface area contributed by atoms with E-state index in [1.165, 1.54) is 25.6 Å². The molecule has 182 valence electrons. The number of methoxy groups -OCH3 is 2. The number of amides is 1. The summed E-state index contributed by atoms with van der Waals surface area (Å²) in [6, 6.07) is 13.9. The lowest BCUT2D eigenvalue weighted by molar-refractivity contribution is -0.695. The SMILES string of the molecule is COC(=O)C1=C(C)N(C)c2sc(-c3ccccc3)c(O)[n+]2C1c1ccc(OCC(N)=O)c(OC)c1. The van der Waals surface area contributed by atoms with Crippen LogP contribution in [0.15, 0.2) is 59.8 Å². The molecule has 0 bridgehead atoms. The van der Waals surface area contributed by atoms with Gasteiger partial charge in [-0.05, 0) is 36.0 Å². The summed E-state index contributed by atoms with van der Waals surface area (Å²) < 4.78 is 17.8. The molecule has 3 N–H and O–H groups in total. The lowest BCUT2D eigenvalue weighted by Crippen LogP contribution is -2.50. The summed E-state index contributed by atoms with van der Waals surface area (Å²) >= 11 is 1.42. The van der Waals surface area contributed by atoms with Crippen LogP contribution in [0, 0.1) is 0 Å². The molecule has 0 fully saturated rings. The highest BCUT2D eigenvalue weighted by molar-refractivity contribution is 7.18. The molecule has 10 heteroatoms. The Morgan fingerprint density at radius 3 is 2.49 bits per heavy atom. The van der Waals surface area contributed by atoms with Crippen molar-refractivity contribution in [1.29, 1.82) is 0 Å². The van der Waals surface area contributed by atoms with E-state index in [0.717, 1.165) is 10.7 Å². The molecule has 0 spiro atoms. The number of primary amides is 1. The van der Waals surface area contributed by atoms with Crippen LogP contribution < -0.4 is 24.7 Å². The Labute approximate surface area is 206 Å². The number of nitrogens with zero attached hydrogens (tertiary/aromatic N) is 2. The van der Waals surface area contributed by atoms with Crippen molar-refractivity contribution in [2.24, 2.45) is 5.73 Å². The predicted octanol–water partition coefficient (Wildman–Crippen LogP) is 2.77. The van der Waals surface area contributed by atoms with Crippen LogP contribution in [0.4, 0.5) is 5.13 Å². The van der Waals surface area contributed by atoms with Gasteiger partial charge < -0.3 is 25.1 Å². The number of carbonyl (C=O) groups is 2. The molecule has 0 radical (unpaired) electrons. The van der Waals surface area contributed by atoms with Crippen LogP contribution in [0.2, 0.25) is 0 Å². The first-order valence-corrected chi connectivity index (χ1v) is 11.5. The number of hydrogen-bond donors (Lipinski definition) is 2. The van der Waals surface area contributed by atoms with Gasteiger partial charge in [0.1, 0.15) is 16.1 Å². The quantitative estimate of drug-likeness (QED) is 0.382. The maximum absolute atomic E-state index is 13.0. The van der Waals surface area contributed by atoms with Gasteiger partial charge in [-0.1, -0.05) is 36.4 Å². The smallest absolute Gasteiger partial charge is 0.345 e. The van der Waals surface area contributed by atoms with Crippen molar-refractivity contribution in [2.75, 3.05) is 32.8 Å². The van der Waals surface area contributed by atoms with Crippen molar-refractivity contribution in [3.05, 3.63) is 65.4 Å². The number of allylic oxidation sites excluding steroid dienone is 1. The van der Waals surface area contributed by atoms with Crippen LogP contribution >= 0.6 is 11.3 Å². The molecule has 2 heterocycles. The lowest BCUT2D eigenvalue weighted by atomic mass is 9.94. The van der Waals surface area contributed by atoms with E-state index in [1.54, 1.807) is 22.8 Å². The molecule has 35 heavy (non-hydrogen) atoms. The fraction of sp³-hybridized carbons (Fsp3) is 0.240. The average Bonchev–Trinajstić information content (AvgIpc) is 3.21. The number of fused-ring (bicyclic) bond motifs is 1. The zero-order valence-corrected chi connectivity index (χ0v) is 20.6. The fourth-order valence-electron chi connectivity index (χ4n) is 4.08. The van der Waals surface area contributed by atoms with E-state index in [2.05, 4.69) is 0 Å². The van der Waals surface area contributed by atoms with Crippen molar-refractivity contribution in [3.63, 3.8) is 0 Å². The Morgan fingerprint density at radius 1 is 1.14 bits per heavy atom. The molecule has 1 amide bonds. The second-order valence-electron chi connectivity index (χ2n) is 7.89. The molecule has 0 aliphatic carbocycles. The number of anilines is 1. The maximum Gasteiger partial charge on any atom is 0.345 e. The number of aromatic hydroxyl groups is 1. The third kappa shape index (κ3) is 4.28. The third-order valence-corrected chi connectivity index (χ3v) is 7.13. The molecule has 3 aromatic rings. The standard InChI is InChI=1S/C25H25N3O6S/c1-14-20(24(31)33-4)21(16-10-11-17(18(12-16)32-3)34-13-19(26)29)28-23(30)22(35-25(28)27(14)2)15-8-6-5-7-9-15/h5-12,21H,13H2,1-4H3,(H2-,26,29,30)/p+1. The number of thiazole rings is 1. The first kappa shape index (κ1) is 24.1. The van der Waals surface area contributed by atoms with Gasteiger partial charge >= 0.3 is 17.0 Å². The van der Waals surface area contributed by atoms with E-state index in [9.17, 15) is 14.7 Å². The normalized spacial score (nSPS) is 15.0. The number of ether oxygens (including phenoxy) is 3. The van der Waals surface area contributed by atoms with Crippen LogP contribution in [0.5, 0.6) is 17.4 Å². The summed E-state index contributed by atoms with van der Waals surface area (Å²) in [5.41, 5.74) is 7.76. The molecule has 1 atom stereocenters. The van der Waals surface area contributed by atoms with Crippen molar-refractivity contribution < 1.29 is 33.5 Å². The summed E-state index contributed by atoms with van der Waals surface area (Å²) in [4.78, 5) is 26.7. The van der Waals surface area contributed by atoms with E-state index in [4.69, 9.17) is 19.9 Å². The molecule has 1 aromatic heterocycles. The number of nitrogens with two attached hydrogens (primary N) is 1. The minimum absolute atomic E-state index is 0.0231. The van der Waals surface area contributed by atoms with E-state index < -0.39 is 17.9 Å². The minimum Gasteiger partial charge on any atom is -0.493 e. The number of carbonyl (C=O) groups excluding carboxylic acids is 2. The Hall–Kier alpha value is -4.05. The molecular weight excluding hydrogens is 470 g/mol. The highest BCUT2D eigenvalue weighted by atomic mass is 32.1. The lowest BCUT2D eigenvalue weighted by Gasteiger charge is -2.27. The predicted molar refractivity (Wildman–Crippen MR) is 131 cm³/mol. The number of aromatic nitrogens is 1. The van der Waals surface area contributed by atoms with Gasteiger partial charge in [0.15, 0.2) is 24.1 Å². The van der Waals surface area contributed by atoms with Crippen molar-refractivity contribution in [2.45, 2.75) is 13.0 Å². The first-order chi connectivity index (χ1) is 16.8. The van der Waals surface area contributed by atoms with Gasteiger partial charge in [-0.15, -0.1) is 0 Å². The molecule has 1 aliphatic rings. The van der Waals surface area contributed by atoms with Crippen LogP contribution in [-0.4, -0.2) is 44.9 Å². The Kier molecular flexibility index (Phi) is 6.65. The highest BCUT2D eigenvalue weighted by Crippen LogP contribution is 2.45. The van der Waals surface area contributed by atoms with Gasteiger partial charge in [-0.2, -0.15) is 4.57 Å². The molecule has 0 saturated heterocycles. The number of esters is 1. The third-order valence-electron chi connectivity index (χ3n) is 5.86. The van der Waals surface area contributed by atoms with Gasteiger partial charge in [0.25, 0.3) is 5.91 Å². The van der Waals surface area contributed by atoms with Crippen molar-refractivity contribution in [3.8, 4) is 27.8 Å².